The van der Waals surface area contributed by atoms with Gasteiger partial charge in [-0.25, -0.2) is 0 Å². The van der Waals surface area contributed by atoms with Crippen LogP contribution in [0, 0.1) is 11.3 Å². The van der Waals surface area contributed by atoms with Gasteiger partial charge in [-0.15, -0.1) is 0 Å². The molecule has 252 valence electrons. The van der Waals surface area contributed by atoms with Crippen LogP contribution in [-0.2, 0) is 19.2 Å². The predicted octanol–water partition coefficient (Wildman–Crippen LogP) is 4.90. The molecule has 2 aliphatic rings. The van der Waals surface area contributed by atoms with Crippen molar-refractivity contribution in [2.45, 2.75) is 150 Å². The van der Waals surface area contributed by atoms with E-state index in [-0.39, 0.29) is 47.7 Å². The molecule has 0 aromatic carbocycles. The SMILES string of the molecule is CCCCCCNC(=O)C1CCCN1C(=O)/C(C)=C/[C@H](C(C)C)N(C)C(=O)C(NC(=O)C1CCCCN1C(C)C)C(C)(C)C. The first-order chi connectivity index (χ1) is 20.6. The molecule has 2 heterocycles. The summed E-state index contributed by atoms with van der Waals surface area (Å²) in [6.45, 7) is 20.2. The van der Waals surface area contributed by atoms with Gasteiger partial charge in [0.05, 0.1) is 12.1 Å². The second-order valence-electron chi connectivity index (χ2n) is 14.7. The van der Waals surface area contributed by atoms with E-state index >= 15 is 0 Å². The number of rotatable bonds is 14. The molecule has 4 atom stereocenters. The van der Waals surface area contributed by atoms with Gasteiger partial charge in [0, 0.05) is 31.8 Å². The minimum Gasteiger partial charge on any atom is -0.354 e. The van der Waals surface area contributed by atoms with E-state index in [1.54, 1.807) is 23.8 Å². The van der Waals surface area contributed by atoms with E-state index in [0.717, 1.165) is 57.9 Å². The molecule has 0 aliphatic carbocycles. The third-order valence-electron chi connectivity index (χ3n) is 9.29. The van der Waals surface area contributed by atoms with Gasteiger partial charge in [0.15, 0.2) is 0 Å². The van der Waals surface area contributed by atoms with Gasteiger partial charge in [0.1, 0.15) is 12.1 Å². The molecule has 44 heavy (non-hydrogen) atoms. The van der Waals surface area contributed by atoms with Crippen LogP contribution in [0.2, 0.25) is 0 Å². The molecule has 2 saturated heterocycles. The standard InChI is InChI=1S/C35H63N5O4/c1-11-12-13-15-20-36-31(41)27-19-17-22-40(27)33(43)26(6)23-29(24(2)3)38(10)34(44)30(35(7,8)9)37-32(42)28-18-14-16-21-39(28)25(4)5/h23-25,27-30H,11-22H2,1-10H3,(H,36,41)(H,37,42)/b26-23+/t27?,28?,29-,30?/m1/s1. The molecule has 0 saturated carbocycles. The maximum absolute atomic E-state index is 14.1. The highest BCUT2D eigenvalue weighted by Gasteiger charge is 2.40. The summed E-state index contributed by atoms with van der Waals surface area (Å²) in [5, 5.41) is 6.17. The highest BCUT2D eigenvalue weighted by molar-refractivity contribution is 5.97. The molecule has 0 radical (unpaired) electrons. The molecule has 0 spiro atoms. The Labute approximate surface area is 267 Å². The summed E-state index contributed by atoms with van der Waals surface area (Å²) in [6.07, 6.45) is 10.5. The lowest BCUT2D eigenvalue weighted by Crippen LogP contribution is -2.60. The van der Waals surface area contributed by atoms with Crippen LogP contribution in [0.3, 0.4) is 0 Å². The number of carbonyl (C=O) groups excluding carboxylic acids is 4. The molecule has 0 aromatic rings. The van der Waals surface area contributed by atoms with Crippen molar-refractivity contribution in [2.75, 3.05) is 26.7 Å². The summed E-state index contributed by atoms with van der Waals surface area (Å²) in [5.41, 5.74) is 0.0123. The zero-order chi connectivity index (χ0) is 33.2. The van der Waals surface area contributed by atoms with Gasteiger partial charge in [0.25, 0.3) is 0 Å². The van der Waals surface area contributed by atoms with Crippen LogP contribution in [0.25, 0.3) is 0 Å². The van der Waals surface area contributed by atoms with Crippen LogP contribution < -0.4 is 10.6 Å². The van der Waals surface area contributed by atoms with Crippen molar-refractivity contribution in [1.29, 1.82) is 0 Å². The molecule has 0 aromatic heterocycles. The molecule has 4 amide bonds. The molecule has 2 fully saturated rings. The van der Waals surface area contributed by atoms with Crippen molar-refractivity contribution < 1.29 is 19.2 Å². The highest BCUT2D eigenvalue weighted by atomic mass is 16.2. The number of unbranched alkanes of at least 4 members (excludes halogenated alkanes) is 3. The van der Waals surface area contributed by atoms with Crippen LogP contribution in [0.15, 0.2) is 11.6 Å². The fraction of sp³-hybridized carbons (Fsp3) is 0.829. The van der Waals surface area contributed by atoms with Crippen molar-refractivity contribution in [3.8, 4) is 0 Å². The van der Waals surface area contributed by atoms with Gasteiger partial charge >= 0.3 is 0 Å². The van der Waals surface area contributed by atoms with Gasteiger partial charge in [-0.2, -0.15) is 0 Å². The average Bonchev–Trinajstić information content (AvgIpc) is 3.46. The van der Waals surface area contributed by atoms with Crippen LogP contribution in [0.1, 0.15) is 120 Å². The largest absolute Gasteiger partial charge is 0.354 e. The van der Waals surface area contributed by atoms with E-state index in [0.29, 0.717) is 25.1 Å². The van der Waals surface area contributed by atoms with Crippen molar-refractivity contribution >= 4 is 23.6 Å². The van der Waals surface area contributed by atoms with E-state index in [1.807, 2.05) is 40.7 Å². The summed E-state index contributed by atoms with van der Waals surface area (Å²) < 4.78 is 0. The third-order valence-corrected chi connectivity index (χ3v) is 9.29. The first-order valence-corrected chi connectivity index (χ1v) is 17.2. The Morgan fingerprint density at radius 2 is 1.57 bits per heavy atom. The zero-order valence-electron chi connectivity index (χ0n) is 29.5. The second kappa shape index (κ2) is 17.3. The Morgan fingerprint density at radius 3 is 2.16 bits per heavy atom. The molecular weight excluding hydrogens is 554 g/mol. The number of carbonyl (C=O) groups is 4. The molecule has 2 rings (SSSR count). The number of likely N-dealkylation sites (N-methyl/N-ethyl adjacent to an activating group) is 1. The molecular formula is C35H63N5O4. The summed E-state index contributed by atoms with van der Waals surface area (Å²) in [7, 11) is 1.76. The van der Waals surface area contributed by atoms with E-state index in [4.69, 9.17) is 0 Å². The van der Waals surface area contributed by atoms with Crippen molar-refractivity contribution in [2.24, 2.45) is 11.3 Å². The third kappa shape index (κ3) is 10.3. The number of likely N-dealkylation sites (tertiary alicyclic amines) is 2. The lowest BCUT2D eigenvalue weighted by Gasteiger charge is -2.41. The fourth-order valence-corrected chi connectivity index (χ4v) is 6.56. The topological polar surface area (TPSA) is 102 Å². The van der Waals surface area contributed by atoms with E-state index in [9.17, 15) is 19.2 Å². The quantitative estimate of drug-likeness (QED) is 0.213. The van der Waals surface area contributed by atoms with Crippen molar-refractivity contribution in [3.05, 3.63) is 11.6 Å². The monoisotopic (exact) mass is 617 g/mol. The zero-order valence-corrected chi connectivity index (χ0v) is 29.5. The summed E-state index contributed by atoms with van der Waals surface area (Å²) in [5.74, 6) is -0.475. The Hall–Kier alpha value is -2.42. The average molecular weight is 618 g/mol. The lowest BCUT2D eigenvalue weighted by molar-refractivity contribution is -0.142. The molecule has 2 aliphatic heterocycles. The fourth-order valence-electron chi connectivity index (χ4n) is 6.56. The Kier molecular flexibility index (Phi) is 14.9. The Morgan fingerprint density at radius 1 is 0.909 bits per heavy atom. The van der Waals surface area contributed by atoms with Gasteiger partial charge in [-0.1, -0.05) is 73.3 Å². The predicted molar refractivity (Wildman–Crippen MR) is 178 cm³/mol. The molecule has 0 bridgehead atoms. The summed E-state index contributed by atoms with van der Waals surface area (Å²) in [6, 6.07) is -1.52. The second-order valence-corrected chi connectivity index (χ2v) is 14.7. The molecule has 3 unspecified atom stereocenters. The van der Waals surface area contributed by atoms with E-state index in [1.165, 1.54) is 0 Å². The number of hydrogen-bond donors (Lipinski definition) is 2. The Bertz CT molecular complexity index is 1000. The van der Waals surface area contributed by atoms with Crippen molar-refractivity contribution in [3.63, 3.8) is 0 Å². The first-order valence-electron chi connectivity index (χ1n) is 17.2. The normalized spacial score (nSPS) is 21.4. The summed E-state index contributed by atoms with van der Waals surface area (Å²) in [4.78, 5) is 59.9. The number of hydrogen-bond acceptors (Lipinski definition) is 5. The summed E-state index contributed by atoms with van der Waals surface area (Å²) >= 11 is 0. The minimum atomic E-state index is -0.717. The van der Waals surface area contributed by atoms with Crippen molar-refractivity contribution in [1.82, 2.24) is 25.3 Å². The van der Waals surface area contributed by atoms with Gasteiger partial charge in [-0.3, -0.25) is 24.1 Å². The maximum Gasteiger partial charge on any atom is 0.249 e. The number of nitrogens with one attached hydrogen (secondary N) is 2. The van der Waals surface area contributed by atoms with Gasteiger partial charge in [-0.05, 0) is 70.8 Å². The lowest BCUT2D eigenvalue weighted by atomic mass is 9.84. The van der Waals surface area contributed by atoms with Crippen LogP contribution in [0.5, 0.6) is 0 Å². The number of amides is 4. The van der Waals surface area contributed by atoms with E-state index in [2.05, 4.69) is 36.3 Å². The maximum atomic E-state index is 14.1. The number of nitrogens with zero attached hydrogens (tertiary/aromatic N) is 3. The number of piperidine rings is 1. The minimum absolute atomic E-state index is 0.0265. The van der Waals surface area contributed by atoms with Crippen LogP contribution >= 0.6 is 0 Å². The van der Waals surface area contributed by atoms with E-state index < -0.39 is 17.5 Å². The van der Waals surface area contributed by atoms with Crippen LogP contribution in [-0.4, -0.2) is 95.2 Å². The van der Waals surface area contributed by atoms with Gasteiger partial charge in [0.2, 0.25) is 23.6 Å². The molecule has 2 N–H and O–H groups in total. The van der Waals surface area contributed by atoms with Crippen LogP contribution in [0.4, 0.5) is 0 Å². The Balaban J connectivity index is 2.19. The highest BCUT2D eigenvalue weighted by Crippen LogP contribution is 2.27. The molecule has 9 heteroatoms. The molecule has 9 nitrogen and oxygen atoms in total. The van der Waals surface area contributed by atoms with Gasteiger partial charge < -0.3 is 20.4 Å². The first kappa shape index (κ1) is 37.8. The smallest absolute Gasteiger partial charge is 0.249 e.